The van der Waals surface area contributed by atoms with E-state index in [2.05, 4.69) is 77.4 Å². The lowest BCUT2D eigenvalue weighted by atomic mass is 10.0. The van der Waals surface area contributed by atoms with E-state index in [0.717, 1.165) is 22.2 Å². The Morgan fingerprint density at radius 3 is 2.03 bits per heavy atom. The van der Waals surface area contributed by atoms with Gasteiger partial charge in [-0.2, -0.15) is 0 Å². The van der Waals surface area contributed by atoms with E-state index >= 15 is 0 Å². The molecule has 0 N–H and O–H groups in total. The Kier molecular flexibility index (Phi) is 3.76. The van der Waals surface area contributed by atoms with Crippen LogP contribution in [0.15, 0.2) is 114 Å². The van der Waals surface area contributed by atoms with Gasteiger partial charge in [0.25, 0.3) is 0 Å². The van der Waals surface area contributed by atoms with Crippen LogP contribution in [-0.2, 0) is 0 Å². The van der Waals surface area contributed by atoms with Crippen molar-refractivity contribution in [1.29, 1.82) is 0 Å². The summed E-state index contributed by atoms with van der Waals surface area (Å²) < 4.78 is 22.7. The van der Waals surface area contributed by atoms with E-state index in [1.165, 1.54) is 27.9 Å². The van der Waals surface area contributed by atoms with Crippen molar-refractivity contribution in [1.82, 2.24) is 4.57 Å². The maximum Gasteiger partial charge on any atom is 0.138 e. The number of aromatic nitrogens is 1. The first-order valence-corrected chi connectivity index (χ1v) is 11.0. The first-order chi connectivity index (χ1) is 16.3. The Labute approximate surface area is 189 Å². The largest absolute Gasteiger partial charge is 0.456 e. The molecule has 0 aliphatic heterocycles. The second-order valence-electron chi connectivity index (χ2n) is 8.35. The summed E-state index contributed by atoms with van der Waals surface area (Å²) in [5, 5.41) is 3.80. The van der Waals surface area contributed by atoms with Crippen LogP contribution in [0.25, 0.3) is 60.6 Å². The molecular weight excluding hydrogens is 409 g/mol. The minimum Gasteiger partial charge on any atom is -0.456 e. The fourth-order valence-electron chi connectivity index (χ4n) is 4.99. The molecule has 33 heavy (non-hydrogen) atoms. The highest BCUT2D eigenvalue weighted by Gasteiger charge is 2.14. The molecule has 156 valence electrons. The van der Waals surface area contributed by atoms with Crippen molar-refractivity contribution < 1.29 is 8.81 Å². The van der Waals surface area contributed by atoms with Crippen molar-refractivity contribution in [3.63, 3.8) is 0 Å². The smallest absolute Gasteiger partial charge is 0.138 e. The van der Waals surface area contributed by atoms with Gasteiger partial charge in [0.15, 0.2) is 0 Å². The molecule has 0 saturated carbocycles. The van der Waals surface area contributed by atoms with Gasteiger partial charge in [-0.05, 0) is 59.7 Å². The number of nitrogens with zero attached hydrogens (tertiary/aromatic N) is 1. The third-order valence-electron chi connectivity index (χ3n) is 6.46. The van der Waals surface area contributed by atoms with Gasteiger partial charge in [0.2, 0.25) is 0 Å². The highest BCUT2D eigenvalue weighted by atomic mass is 19.1. The van der Waals surface area contributed by atoms with Gasteiger partial charge < -0.3 is 8.98 Å². The van der Waals surface area contributed by atoms with Crippen molar-refractivity contribution in [2.75, 3.05) is 0 Å². The zero-order valence-corrected chi connectivity index (χ0v) is 17.6. The molecule has 0 unspecified atom stereocenters. The molecular formula is C30H18FNO. The Morgan fingerprint density at radius 2 is 1.24 bits per heavy atom. The van der Waals surface area contributed by atoms with Gasteiger partial charge >= 0.3 is 0 Å². The molecule has 0 radical (unpaired) electrons. The maximum atomic E-state index is 14.6. The van der Waals surface area contributed by atoms with Gasteiger partial charge in [-0.25, -0.2) is 4.39 Å². The number of para-hydroxylation sites is 2. The van der Waals surface area contributed by atoms with Crippen molar-refractivity contribution in [2.24, 2.45) is 0 Å². The highest BCUT2D eigenvalue weighted by Crippen LogP contribution is 2.36. The fraction of sp³-hybridized carbons (Fsp3) is 0. The maximum absolute atomic E-state index is 14.6. The van der Waals surface area contributed by atoms with E-state index in [4.69, 9.17) is 4.42 Å². The molecule has 0 aliphatic carbocycles. The number of rotatable bonds is 2. The van der Waals surface area contributed by atoms with Gasteiger partial charge in [-0.1, -0.05) is 60.7 Å². The third-order valence-corrected chi connectivity index (χ3v) is 6.46. The molecule has 2 aromatic heterocycles. The molecule has 7 aromatic rings. The predicted molar refractivity (Wildman–Crippen MR) is 133 cm³/mol. The zero-order valence-electron chi connectivity index (χ0n) is 17.6. The van der Waals surface area contributed by atoms with Crippen molar-refractivity contribution in [2.45, 2.75) is 0 Å². The van der Waals surface area contributed by atoms with Crippen LogP contribution < -0.4 is 0 Å². The van der Waals surface area contributed by atoms with Gasteiger partial charge in [0, 0.05) is 21.8 Å². The number of hydrogen-bond donors (Lipinski definition) is 0. The first kappa shape index (κ1) is 18.2. The number of hydrogen-bond acceptors (Lipinski definition) is 1. The molecule has 0 fully saturated rings. The topological polar surface area (TPSA) is 18.1 Å². The molecule has 2 nitrogen and oxygen atoms in total. The Morgan fingerprint density at radius 1 is 0.545 bits per heavy atom. The quantitative estimate of drug-likeness (QED) is 0.270. The van der Waals surface area contributed by atoms with Crippen molar-refractivity contribution in [3.05, 3.63) is 115 Å². The lowest BCUT2D eigenvalue weighted by Gasteiger charge is -2.10. The summed E-state index contributed by atoms with van der Waals surface area (Å²) in [4.78, 5) is 0. The van der Waals surface area contributed by atoms with Crippen LogP contribution in [0.4, 0.5) is 4.39 Å². The molecule has 0 spiro atoms. The standard InChI is InChI=1S/C30H18FNO/c31-25-11-6-14-29-30(25)24-18-20(15-16-28(24)33-29)19-7-5-8-21(17-19)32-26-12-3-1-9-22(26)23-10-2-4-13-27(23)32/h1-18H. The molecule has 7 rings (SSSR count). The second-order valence-corrected chi connectivity index (χ2v) is 8.35. The SMILES string of the molecule is Fc1cccc2oc3ccc(-c4cccc(-n5c6ccccc6c6ccccc65)c4)cc3c12. The lowest BCUT2D eigenvalue weighted by molar-refractivity contribution is 0.634. The summed E-state index contributed by atoms with van der Waals surface area (Å²) in [6.45, 7) is 0. The Balaban J connectivity index is 1.46. The zero-order chi connectivity index (χ0) is 21.9. The average molecular weight is 427 g/mol. The molecule has 3 heteroatoms. The van der Waals surface area contributed by atoms with Gasteiger partial charge in [-0.15, -0.1) is 0 Å². The predicted octanol–water partition coefficient (Wildman–Crippen LogP) is 8.49. The molecule has 0 saturated heterocycles. The molecule has 0 amide bonds. The van der Waals surface area contributed by atoms with Crippen LogP contribution >= 0.6 is 0 Å². The van der Waals surface area contributed by atoms with Crippen LogP contribution in [0.3, 0.4) is 0 Å². The fourth-order valence-corrected chi connectivity index (χ4v) is 4.99. The summed E-state index contributed by atoms with van der Waals surface area (Å²) in [6, 6.07) is 36.4. The molecule has 0 atom stereocenters. The Bertz CT molecular complexity index is 1790. The van der Waals surface area contributed by atoms with Crippen LogP contribution in [-0.4, -0.2) is 4.57 Å². The van der Waals surface area contributed by atoms with Crippen LogP contribution in [0.2, 0.25) is 0 Å². The molecule has 2 heterocycles. The average Bonchev–Trinajstić information content (AvgIpc) is 3.40. The normalized spacial score (nSPS) is 11.8. The summed E-state index contributed by atoms with van der Waals surface area (Å²) in [5.74, 6) is -0.262. The summed E-state index contributed by atoms with van der Waals surface area (Å²) in [7, 11) is 0. The van der Waals surface area contributed by atoms with Crippen LogP contribution in [0.1, 0.15) is 0 Å². The van der Waals surface area contributed by atoms with Crippen molar-refractivity contribution >= 4 is 43.7 Å². The first-order valence-electron chi connectivity index (χ1n) is 11.0. The molecule has 5 aromatic carbocycles. The summed E-state index contributed by atoms with van der Waals surface area (Å²) >= 11 is 0. The molecule has 0 aliphatic rings. The van der Waals surface area contributed by atoms with E-state index < -0.39 is 0 Å². The summed E-state index contributed by atoms with van der Waals surface area (Å²) in [6.07, 6.45) is 0. The van der Waals surface area contributed by atoms with E-state index in [1.54, 1.807) is 12.1 Å². The van der Waals surface area contributed by atoms with E-state index in [1.807, 2.05) is 18.2 Å². The van der Waals surface area contributed by atoms with Crippen molar-refractivity contribution in [3.8, 4) is 16.8 Å². The van der Waals surface area contributed by atoms with Gasteiger partial charge in [0.1, 0.15) is 17.0 Å². The number of fused-ring (bicyclic) bond motifs is 6. The van der Waals surface area contributed by atoms with Crippen LogP contribution in [0.5, 0.6) is 0 Å². The second kappa shape index (κ2) is 6.81. The monoisotopic (exact) mass is 427 g/mol. The highest BCUT2D eigenvalue weighted by molar-refractivity contribution is 6.09. The minimum atomic E-state index is -0.262. The summed E-state index contributed by atoms with van der Waals surface area (Å²) in [5.41, 5.74) is 6.80. The number of benzene rings is 5. The Hall–Kier alpha value is -4.37. The minimum absolute atomic E-state index is 0.262. The molecule has 0 bridgehead atoms. The van der Waals surface area contributed by atoms with E-state index in [9.17, 15) is 4.39 Å². The third kappa shape index (κ3) is 2.66. The van der Waals surface area contributed by atoms with Gasteiger partial charge in [-0.3, -0.25) is 0 Å². The number of furan rings is 1. The van der Waals surface area contributed by atoms with E-state index in [-0.39, 0.29) is 5.82 Å². The van der Waals surface area contributed by atoms with E-state index in [0.29, 0.717) is 16.6 Å². The lowest BCUT2D eigenvalue weighted by Crippen LogP contribution is -1.94. The number of halogens is 1. The van der Waals surface area contributed by atoms with Gasteiger partial charge in [0.05, 0.1) is 16.4 Å². The van der Waals surface area contributed by atoms with Crippen LogP contribution in [0, 0.1) is 5.82 Å².